The number of aromatic nitrogens is 1. The highest BCUT2D eigenvalue weighted by Crippen LogP contribution is 2.16. The largest absolute Gasteiger partial charge is 0.479 e. The number of nitrogens with zero attached hydrogens (tertiary/aromatic N) is 1. The topological polar surface area (TPSA) is 77.2 Å². The number of ether oxygens (including phenoxy) is 1. The van der Waals surface area contributed by atoms with Crippen LogP contribution in [0.3, 0.4) is 0 Å². The molecule has 0 aromatic carbocycles. The maximum Gasteiger partial charge on any atom is 0.261 e. The molecule has 0 radical (unpaired) electrons. The molecule has 0 aliphatic rings. The van der Waals surface area contributed by atoms with Gasteiger partial charge in [0, 0.05) is 12.7 Å². The van der Waals surface area contributed by atoms with Crippen LogP contribution in [0.15, 0.2) is 24.5 Å². The SMILES string of the molecule is CC(Oc1cccnc1)C(=O)NC(C)(CN)C(C)C.Cl.Cl. The van der Waals surface area contributed by atoms with E-state index in [1.807, 2.05) is 20.8 Å². The molecule has 7 heteroatoms. The molecule has 0 aliphatic carbocycles. The van der Waals surface area contributed by atoms with Gasteiger partial charge in [-0.05, 0) is 31.9 Å². The summed E-state index contributed by atoms with van der Waals surface area (Å²) in [5.41, 5.74) is 5.32. The van der Waals surface area contributed by atoms with Crippen molar-refractivity contribution < 1.29 is 9.53 Å². The molecule has 0 bridgehead atoms. The molecule has 21 heavy (non-hydrogen) atoms. The van der Waals surface area contributed by atoms with Crippen LogP contribution in [0.5, 0.6) is 5.75 Å². The number of hydrogen-bond acceptors (Lipinski definition) is 4. The van der Waals surface area contributed by atoms with Crippen LogP contribution in [0.4, 0.5) is 0 Å². The summed E-state index contributed by atoms with van der Waals surface area (Å²) >= 11 is 0. The van der Waals surface area contributed by atoms with E-state index in [9.17, 15) is 4.79 Å². The van der Waals surface area contributed by atoms with Gasteiger partial charge >= 0.3 is 0 Å². The highest BCUT2D eigenvalue weighted by atomic mass is 35.5. The average molecular weight is 338 g/mol. The van der Waals surface area contributed by atoms with E-state index in [-0.39, 0.29) is 36.6 Å². The lowest BCUT2D eigenvalue weighted by atomic mass is 9.88. The molecule has 1 aromatic rings. The lowest BCUT2D eigenvalue weighted by Crippen LogP contribution is -2.57. The monoisotopic (exact) mass is 337 g/mol. The Hall–Kier alpha value is -1.04. The molecule has 122 valence electrons. The molecule has 3 N–H and O–H groups in total. The second-order valence-corrected chi connectivity index (χ2v) is 5.21. The fourth-order valence-electron chi connectivity index (χ4n) is 1.49. The summed E-state index contributed by atoms with van der Waals surface area (Å²) in [6, 6.07) is 3.53. The summed E-state index contributed by atoms with van der Waals surface area (Å²) in [7, 11) is 0. The molecular weight excluding hydrogens is 313 g/mol. The molecule has 5 nitrogen and oxygen atoms in total. The summed E-state index contributed by atoms with van der Waals surface area (Å²) in [6.45, 7) is 8.08. The van der Waals surface area contributed by atoms with Crippen molar-refractivity contribution in [3.63, 3.8) is 0 Å². The number of nitrogens with two attached hydrogens (primary N) is 1. The van der Waals surface area contributed by atoms with Crippen LogP contribution < -0.4 is 15.8 Å². The number of halogens is 2. The van der Waals surface area contributed by atoms with Gasteiger partial charge in [-0.1, -0.05) is 13.8 Å². The van der Waals surface area contributed by atoms with Gasteiger partial charge in [-0.15, -0.1) is 24.8 Å². The summed E-state index contributed by atoms with van der Waals surface area (Å²) in [6.07, 6.45) is 2.64. The number of nitrogens with one attached hydrogen (secondary N) is 1. The van der Waals surface area contributed by atoms with E-state index >= 15 is 0 Å². The first kappa shape index (κ1) is 22.2. The molecule has 1 aromatic heterocycles. The van der Waals surface area contributed by atoms with Crippen molar-refractivity contribution in [3.05, 3.63) is 24.5 Å². The number of rotatable bonds is 6. The smallest absolute Gasteiger partial charge is 0.261 e. The zero-order valence-electron chi connectivity index (χ0n) is 12.8. The van der Waals surface area contributed by atoms with Crippen LogP contribution >= 0.6 is 24.8 Å². The third-order valence-electron chi connectivity index (χ3n) is 3.42. The second-order valence-electron chi connectivity index (χ2n) is 5.21. The molecule has 0 fully saturated rings. The maximum atomic E-state index is 12.1. The Balaban J connectivity index is 0. The first-order valence-electron chi connectivity index (χ1n) is 6.48. The van der Waals surface area contributed by atoms with Crippen molar-refractivity contribution in [2.75, 3.05) is 6.54 Å². The van der Waals surface area contributed by atoms with Crippen LogP contribution in [0, 0.1) is 5.92 Å². The van der Waals surface area contributed by atoms with Crippen LogP contribution in [-0.4, -0.2) is 29.1 Å². The molecule has 2 atom stereocenters. The molecule has 0 saturated heterocycles. The first-order valence-corrected chi connectivity index (χ1v) is 6.48. The van der Waals surface area contributed by atoms with Gasteiger partial charge in [-0.2, -0.15) is 0 Å². The third kappa shape index (κ3) is 6.50. The van der Waals surface area contributed by atoms with Gasteiger partial charge in [0.1, 0.15) is 5.75 Å². The van der Waals surface area contributed by atoms with Crippen molar-refractivity contribution in [1.29, 1.82) is 0 Å². The normalized spacial score (nSPS) is 14.2. The fourth-order valence-corrected chi connectivity index (χ4v) is 1.49. The van der Waals surface area contributed by atoms with Gasteiger partial charge in [0.15, 0.2) is 6.10 Å². The van der Waals surface area contributed by atoms with Crippen LogP contribution in [0.1, 0.15) is 27.7 Å². The number of pyridine rings is 1. The Kier molecular flexibility index (Phi) is 10.4. The number of carbonyl (C=O) groups excluding carboxylic acids is 1. The van der Waals surface area contributed by atoms with E-state index in [4.69, 9.17) is 10.5 Å². The zero-order valence-corrected chi connectivity index (χ0v) is 14.5. The summed E-state index contributed by atoms with van der Waals surface area (Å²) in [5, 5.41) is 2.95. The van der Waals surface area contributed by atoms with Gasteiger partial charge in [0.25, 0.3) is 5.91 Å². The molecule has 1 rings (SSSR count). The quantitative estimate of drug-likeness (QED) is 0.833. The highest BCUT2D eigenvalue weighted by Gasteiger charge is 2.30. The predicted molar refractivity (Wildman–Crippen MR) is 89.3 cm³/mol. The van der Waals surface area contributed by atoms with Crippen molar-refractivity contribution >= 4 is 30.7 Å². The summed E-state index contributed by atoms with van der Waals surface area (Å²) < 4.78 is 5.53. The van der Waals surface area contributed by atoms with Crippen molar-refractivity contribution in [3.8, 4) is 5.75 Å². The van der Waals surface area contributed by atoms with Gasteiger partial charge < -0.3 is 15.8 Å². The minimum atomic E-state index is -0.589. The van der Waals surface area contributed by atoms with E-state index in [0.29, 0.717) is 12.3 Å². The van der Waals surface area contributed by atoms with Gasteiger partial charge in [0.05, 0.1) is 11.7 Å². The Labute approximate surface area is 138 Å². The first-order chi connectivity index (χ1) is 8.89. The zero-order chi connectivity index (χ0) is 14.5. The standard InChI is InChI=1S/C14H23N3O2.2ClH/c1-10(2)14(4,9-15)17-13(18)11(3)19-12-6-5-7-16-8-12;;/h5-8,10-11H,9,15H2,1-4H3,(H,17,18);2*1H. The molecular formula is C14H25Cl2N3O2. The number of amides is 1. The van der Waals surface area contributed by atoms with Gasteiger partial charge in [-0.3, -0.25) is 9.78 Å². The Morgan fingerprint density at radius 1 is 1.43 bits per heavy atom. The Morgan fingerprint density at radius 2 is 2.05 bits per heavy atom. The van der Waals surface area contributed by atoms with Gasteiger partial charge in [-0.25, -0.2) is 0 Å². The van der Waals surface area contributed by atoms with E-state index in [2.05, 4.69) is 10.3 Å². The molecule has 0 spiro atoms. The van der Waals surface area contributed by atoms with Crippen molar-refractivity contribution in [1.82, 2.24) is 10.3 Å². The molecule has 1 heterocycles. The number of carbonyl (C=O) groups is 1. The lowest BCUT2D eigenvalue weighted by molar-refractivity contribution is -0.129. The highest BCUT2D eigenvalue weighted by molar-refractivity contribution is 5.85. The van der Waals surface area contributed by atoms with Crippen LogP contribution in [0.2, 0.25) is 0 Å². The summed E-state index contributed by atoms with van der Waals surface area (Å²) in [5.74, 6) is 0.640. The van der Waals surface area contributed by atoms with Gasteiger partial charge in [0.2, 0.25) is 0 Å². The van der Waals surface area contributed by atoms with Crippen molar-refractivity contribution in [2.45, 2.75) is 39.3 Å². The molecule has 0 aliphatic heterocycles. The van der Waals surface area contributed by atoms with E-state index in [1.165, 1.54) is 0 Å². The summed E-state index contributed by atoms with van der Waals surface area (Å²) in [4.78, 5) is 16.1. The third-order valence-corrected chi connectivity index (χ3v) is 3.42. The Bertz CT molecular complexity index is 418. The lowest BCUT2D eigenvalue weighted by Gasteiger charge is -2.34. The van der Waals surface area contributed by atoms with Crippen molar-refractivity contribution in [2.24, 2.45) is 11.7 Å². The fraction of sp³-hybridized carbons (Fsp3) is 0.571. The minimum absolute atomic E-state index is 0. The molecule has 1 amide bonds. The second kappa shape index (κ2) is 9.82. The van der Waals surface area contributed by atoms with Crippen LogP contribution in [0.25, 0.3) is 0 Å². The minimum Gasteiger partial charge on any atom is -0.479 e. The predicted octanol–water partition coefficient (Wildman–Crippen LogP) is 2.18. The molecule has 0 saturated carbocycles. The maximum absolute atomic E-state index is 12.1. The number of hydrogen-bond donors (Lipinski definition) is 2. The molecule has 2 unspecified atom stereocenters. The van der Waals surface area contributed by atoms with E-state index in [1.54, 1.807) is 31.5 Å². The average Bonchev–Trinajstić information content (AvgIpc) is 2.39. The van der Waals surface area contributed by atoms with E-state index in [0.717, 1.165) is 0 Å². The van der Waals surface area contributed by atoms with Crippen LogP contribution in [-0.2, 0) is 4.79 Å². The van der Waals surface area contributed by atoms with E-state index < -0.39 is 11.6 Å². The Morgan fingerprint density at radius 3 is 2.48 bits per heavy atom.